The number of phenols is 1. The predicted octanol–water partition coefficient (Wildman–Crippen LogP) is 1.89. The molecule has 0 bridgehead atoms. The number of nitrogens with two attached hydrogens (primary N) is 2. The second-order valence-electron chi connectivity index (χ2n) is 7.04. The van der Waals surface area contributed by atoms with Gasteiger partial charge in [-0.15, -0.1) is 0 Å². The molecule has 7 nitrogen and oxygen atoms in total. The van der Waals surface area contributed by atoms with Crippen LogP contribution in [0.2, 0.25) is 0 Å². The second-order valence-corrected chi connectivity index (χ2v) is 7.04. The van der Waals surface area contributed by atoms with Gasteiger partial charge in [-0.25, -0.2) is 5.84 Å². The highest BCUT2D eigenvalue weighted by atomic mass is 16.3. The van der Waals surface area contributed by atoms with Crippen LogP contribution in [0, 0.1) is 5.92 Å². The number of amides is 1. The molecular weight excluding hydrogens is 330 g/mol. The molecule has 1 aliphatic rings. The maximum absolute atomic E-state index is 12.5. The van der Waals surface area contributed by atoms with Crippen LogP contribution in [-0.2, 0) is 4.79 Å². The van der Waals surface area contributed by atoms with E-state index in [0.717, 1.165) is 18.2 Å². The minimum Gasteiger partial charge on any atom is -0.505 e. The summed E-state index contributed by atoms with van der Waals surface area (Å²) in [5.41, 5.74) is 7.06. The molecule has 1 atom stereocenters. The summed E-state index contributed by atoms with van der Waals surface area (Å²) in [6, 6.07) is 7.23. The van der Waals surface area contributed by atoms with Gasteiger partial charge in [-0.1, -0.05) is 32.0 Å². The number of phenolic OH excluding ortho intramolecular Hbond substituents is 1. The lowest BCUT2D eigenvalue weighted by molar-refractivity contribution is -0.118. The molecule has 1 unspecified atom stereocenters. The van der Waals surface area contributed by atoms with Gasteiger partial charge in [0.1, 0.15) is 17.0 Å². The second kappa shape index (κ2) is 7.21. The summed E-state index contributed by atoms with van der Waals surface area (Å²) >= 11 is 0. The Hall–Kier alpha value is -2.80. The van der Waals surface area contributed by atoms with Crippen molar-refractivity contribution in [3.63, 3.8) is 0 Å². The van der Waals surface area contributed by atoms with Gasteiger partial charge in [0.25, 0.3) is 5.91 Å². The lowest BCUT2D eigenvalue weighted by Crippen LogP contribution is -2.37. The molecule has 7 heteroatoms. The van der Waals surface area contributed by atoms with Crippen LogP contribution >= 0.6 is 0 Å². The van der Waals surface area contributed by atoms with Crippen molar-refractivity contribution in [3.05, 3.63) is 47.9 Å². The van der Waals surface area contributed by atoms with Gasteiger partial charge in [0.15, 0.2) is 0 Å². The van der Waals surface area contributed by atoms with Crippen LogP contribution in [0.15, 0.2) is 42.4 Å². The minimum atomic E-state index is -0.416. The molecule has 1 fully saturated rings. The van der Waals surface area contributed by atoms with E-state index in [2.05, 4.69) is 10.3 Å². The fourth-order valence-corrected chi connectivity index (χ4v) is 2.92. The van der Waals surface area contributed by atoms with Crippen molar-refractivity contribution in [1.29, 1.82) is 0 Å². The Morgan fingerprint density at radius 2 is 2.12 bits per heavy atom. The number of hydrogen-bond donors (Lipinski definition) is 4. The van der Waals surface area contributed by atoms with Crippen LogP contribution in [0.4, 0.5) is 0 Å². The van der Waals surface area contributed by atoms with Crippen LogP contribution in [0.1, 0.15) is 38.3 Å². The summed E-state index contributed by atoms with van der Waals surface area (Å²) in [7, 11) is 0. The molecule has 1 aromatic carbocycles. The number of benzene rings is 1. The predicted molar refractivity (Wildman–Crippen MR) is 100 cm³/mol. The standard InChI is InChI=1S/C19H25N5O2/c1-11(2)16(23-19(26)15(20)10-24(21)13-6-7-13)14-8-5-12-4-3-9-22-17(12)18(14)25/h3-5,8-11,13,16,25H,6-7,20-21H2,1-2H3,(H,23,26)/b15-10-. The zero-order chi connectivity index (χ0) is 18.8. The summed E-state index contributed by atoms with van der Waals surface area (Å²) in [4.78, 5) is 16.7. The number of hydrazine groups is 1. The molecule has 0 spiro atoms. The number of hydrogen-bond acceptors (Lipinski definition) is 6. The van der Waals surface area contributed by atoms with Gasteiger partial charge in [0, 0.05) is 29.4 Å². The normalized spacial score (nSPS) is 15.9. The Morgan fingerprint density at radius 1 is 1.38 bits per heavy atom. The molecule has 0 radical (unpaired) electrons. The van der Waals surface area contributed by atoms with E-state index in [4.69, 9.17) is 11.6 Å². The fraction of sp³-hybridized carbons (Fsp3) is 0.368. The summed E-state index contributed by atoms with van der Waals surface area (Å²) in [5.74, 6) is 5.55. The smallest absolute Gasteiger partial charge is 0.269 e. The van der Waals surface area contributed by atoms with E-state index in [1.807, 2.05) is 38.1 Å². The van der Waals surface area contributed by atoms with Crippen molar-refractivity contribution in [1.82, 2.24) is 15.3 Å². The fourth-order valence-electron chi connectivity index (χ4n) is 2.92. The van der Waals surface area contributed by atoms with E-state index in [9.17, 15) is 9.90 Å². The van der Waals surface area contributed by atoms with Crippen molar-refractivity contribution in [3.8, 4) is 5.75 Å². The third-order valence-electron chi connectivity index (χ3n) is 4.59. The Morgan fingerprint density at radius 3 is 2.77 bits per heavy atom. The molecule has 1 amide bonds. The van der Waals surface area contributed by atoms with Crippen LogP contribution < -0.4 is 16.9 Å². The number of aromatic hydroxyl groups is 1. The largest absolute Gasteiger partial charge is 0.505 e. The van der Waals surface area contributed by atoms with Gasteiger partial charge in [0.05, 0.1) is 6.04 Å². The average Bonchev–Trinajstić information content (AvgIpc) is 3.45. The number of fused-ring (bicyclic) bond motifs is 1. The third-order valence-corrected chi connectivity index (χ3v) is 4.59. The number of nitrogens with zero attached hydrogens (tertiary/aromatic N) is 2. The minimum absolute atomic E-state index is 0.0382. The Bertz CT molecular complexity index is 845. The van der Waals surface area contributed by atoms with Crippen molar-refractivity contribution in [2.24, 2.45) is 17.5 Å². The third kappa shape index (κ3) is 3.72. The first-order valence-corrected chi connectivity index (χ1v) is 8.76. The highest BCUT2D eigenvalue weighted by Crippen LogP contribution is 2.34. The van der Waals surface area contributed by atoms with E-state index < -0.39 is 11.9 Å². The van der Waals surface area contributed by atoms with Crippen molar-refractivity contribution >= 4 is 16.8 Å². The number of nitrogens with one attached hydrogen (secondary N) is 1. The van der Waals surface area contributed by atoms with Gasteiger partial charge < -0.3 is 21.2 Å². The highest BCUT2D eigenvalue weighted by molar-refractivity contribution is 5.93. The zero-order valence-electron chi connectivity index (χ0n) is 15.0. The van der Waals surface area contributed by atoms with Gasteiger partial charge >= 0.3 is 0 Å². The summed E-state index contributed by atoms with van der Waals surface area (Å²) in [6.07, 6.45) is 5.11. The van der Waals surface area contributed by atoms with E-state index >= 15 is 0 Å². The monoisotopic (exact) mass is 355 g/mol. The lowest BCUT2D eigenvalue weighted by atomic mass is 9.94. The quantitative estimate of drug-likeness (QED) is 0.357. The zero-order valence-corrected chi connectivity index (χ0v) is 15.0. The number of carbonyl (C=O) groups is 1. The average molecular weight is 355 g/mol. The topological polar surface area (TPSA) is 118 Å². The molecule has 1 aliphatic carbocycles. The van der Waals surface area contributed by atoms with Gasteiger partial charge in [-0.05, 0) is 24.8 Å². The van der Waals surface area contributed by atoms with E-state index in [1.165, 1.54) is 11.2 Å². The Kier molecular flexibility index (Phi) is 4.99. The molecule has 3 rings (SSSR count). The number of carbonyl (C=O) groups excluding carboxylic acids is 1. The molecule has 0 saturated heterocycles. The number of aromatic nitrogens is 1. The van der Waals surface area contributed by atoms with Crippen LogP contribution in [-0.4, -0.2) is 27.0 Å². The number of pyridine rings is 1. The van der Waals surface area contributed by atoms with Crippen LogP contribution in [0.3, 0.4) is 0 Å². The molecule has 1 saturated carbocycles. The van der Waals surface area contributed by atoms with Crippen molar-refractivity contribution in [2.45, 2.75) is 38.8 Å². The van der Waals surface area contributed by atoms with Crippen molar-refractivity contribution < 1.29 is 9.90 Å². The van der Waals surface area contributed by atoms with Gasteiger partial charge in [-0.3, -0.25) is 9.78 Å². The maximum Gasteiger partial charge on any atom is 0.269 e. The number of rotatable bonds is 6. The van der Waals surface area contributed by atoms with Crippen LogP contribution in [0.5, 0.6) is 5.75 Å². The Labute approximate surface area is 152 Å². The SMILES string of the molecule is CC(C)C(NC(=O)/C(N)=C/N(N)C1CC1)c1ccc2cccnc2c1O. The molecule has 2 aromatic rings. The summed E-state index contributed by atoms with van der Waals surface area (Å²) in [5, 5.41) is 15.9. The van der Waals surface area contributed by atoms with Gasteiger partial charge in [-0.2, -0.15) is 0 Å². The first-order valence-electron chi connectivity index (χ1n) is 8.76. The summed E-state index contributed by atoms with van der Waals surface area (Å²) in [6.45, 7) is 3.93. The lowest BCUT2D eigenvalue weighted by Gasteiger charge is -2.24. The molecular formula is C19H25N5O2. The molecule has 138 valence electrons. The molecule has 1 heterocycles. The first kappa shape index (κ1) is 18.0. The summed E-state index contributed by atoms with van der Waals surface area (Å²) < 4.78 is 0. The van der Waals surface area contributed by atoms with E-state index in [1.54, 1.807) is 6.20 Å². The van der Waals surface area contributed by atoms with Crippen LogP contribution in [0.25, 0.3) is 10.9 Å². The van der Waals surface area contributed by atoms with Crippen molar-refractivity contribution in [2.75, 3.05) is 0 Å². The highest BCUT2D eigenvalue weighted by Gasteiger charge is 2.27. The molecule has 6 N–H and O–H groups in total. The Balaban J connectivity index is 1.85. The van der Waals surface area contributed by atoms with E-state index in [0.29, 0.717) is 11.1 Å². The molecule has 26 heavy (non-hydrogen) atoms. The van der Waals surface area contributed by atoms with E-state index in [-0.39, 0.29) is 23.4 Å². The first-order chi connectivity index (χ1) is 12.4. The maximum atomic E-state index is 12.5. The molecule has 1 aromatic heterocycles. The molecule has 0 aliphatic heterocycles. The van der Waals surface area contributed by atoms with Gasteiger partial charge in [0.2, 0.25) is 0 Å².